The van der Waals surface area contributed by atoms with Crippen molar-refractivity contribution < 1.29 is 14.7 Å². The summed E-state index contributed by atoms with van der Waals surface area (Å²) in [6.45, 7) is 9.20. The molecule has 0 saturated heterocycles. The number of rotatable bonds is 8. The van der Waals surface area contributed by atoms with Crippen LogP contribution in [0.1, 0.15) is 47.0 Å². The normalized spacial score (nSPS) is 12.3. The molecule has 5 nitrogen and oxygen atoms in total. The molecule has 0 spiro atoms. The molecule has 5 heteroatoms. The van der Waals surface area contributed by atoms with Gasteiger partial charge in [0.25, 0.3) is 0 Å². The van der Waals surface area contributed by atoms with Gasteiger partial charge in [0, 0.05) is 13.1 Å². The van der Waals surface area contributed by atoms with Gasteiger partial charge in [0.15, 0.2) is 0 Å². The number of urea groups is 1. The highest BCUT2D eigenvalue weighted by Gasteiger charge is 2.23. The first-order valence-corrected chi connectivity index (χ1v) is 6.70. The first-order chi connectivity index (χ1) is 8.42. The lowest BCUT2D eigenvalue weighted by atomic mass is 10.0. The molecule has 18 heavy (non-hydrogen) atoms. The second kappa shape index (κ2) is 8.78. The largest absolute Gasteiger partial charge is 0.480 e. The van der Waals surface area contributed by atoms with Gasteiger partial charge in [0.05, 0.1) is 0 Å². The maximum absolute atomic E-state index is 12.0. The van der Waals surface area contributed by atoms with E-state index < -0.39 is 12.0 Å². The third-order valence-corrected chi connectivity index (χ3v) is 2.58. The van der Waals surface area contributed by atoms with Crippen LogP contribution in [0.5, 0.6) is 0 Å². The number of nitrogens with zero attached hydrogens (tertiary/aromatic N) is 1. The van der Waals surface area contributed by atoms with Gasteiger partial charge < -0.3 is 15.3 Å². The molecule has 2 amide bonds. The molecule has 0 bridgehead atoms. The van der Waals surface area contributed by atoms with Crippen molar-refractivity contribution in [3.8, 4) is 0 Å². The van der Waals surface area contributed by atoms with Gasteiger partial charge in [-0.1, -0.05) is 27.7 Å². The van der Waals surface area contributed by atoms with E-state index in [1.165, 1.54) is 0 Å². The Morgan fingerprint density at radius 1 is 1.17 bits per heavy atom. The number of carboxylic acids is 1. The fourth-order valence-corrected chi connectivity index (χ4v) is 1.79. The highest BCUT2D eigenvalue weighted by Crippen LogP contribution is 2.06. The maximum Gasteiger partial charge on any atom is 0.326 e. The Morgan fingerprint density at radius 3 is 2.00 bits per heavy atom. The van der Waals surface area contributed by atoms with E-state index in [0.29, 0.717) is 19.5 Å². The van der Waals surface area contributed by atoms with Crippen molar-refractivity contribution in [1.82, 2.24) is 10.2 Å². The zero-order valence-corrected chi connectivity index (χ0v) is 11.9. The van der Waals surface area contributed by atoms with E-state index in [4.69, 9.17) is 5.11 Å². The van der Waals surface area contributed by atoms with Gasteiger partial charge in [-0.05, 0) is 25.2 Å². The summed E-state index contributed by atoms with van der Waals surface area (Å²) in [6.07, 6.45) is 2.19. The fourth-order valence-electron chi connectivity index (χ4n) is 1.79. The Balaban J connectivity index is 4.49. The van der Waals surface area contributed by atoms with E-state index in [1.807, 2.05) is 27.7 Å². The van der Waals surface area contributed by atoms with Gasteiger partial charge in [0.2, 0.25) is 0 Å². The van der Waals surface area contributed by atoms with Crippen LogP contribution in [0, 0.1) is 5.92 Å². The Morgan fingerprint density at radius 2 is 1.67 bits per heavy atom. The van der Waals surface area contributed by atoms with Gasteiger partial charge >= 0.3 is 12.0 Å². The zero-order valence-electron chi connectivity index (χ0n) is 11.9. The van der Waals surface area contributed by atoms with Gasteiger partial charge in [-0.25, -0.2) is 9.59 Å². The van der Waals surface area contributed by atoms with Gasteiger partial charge in [-0.2, -0.15) is 0 Å². The minimum Gasteiger partial charge on any atom is -0.480 e. The third kappa shape index (κ3) is 6.47. The zero-order chi connectivity index (χ0) is 14.1. The molecule has 0 aromatic heterocycles. The number of nitrogens with one attached hydrogen (secondary N) is 1. The lowest BCUT2D eigenvalue weighted by Gasteiger charge is -2.25. The summed E-state index contributed by atoms with van der Waals surface area (Å²) in [5, 5.41) is 11.7. The number of carboxylic acid groups (broad SMARTS) is 1. The fraction of sp³-hybridized carbons (Fsp3) is 0.846. The standard InChI is InChI=1S/C13H26N2O3/c1-5-7-15(8-6-2)13(18)14-11(12(16)17)9-10(3)4/h10-11H,5-9H2,1-4H3,(H,14,18)(H,16,17)/t11-/m1/s1. The molecular formula is C13H26N2O3. The Kier molecular flexibility index (Phi) is 8.16. The van der Waals surface area contributed by atoms with E-state index >= 15 is 0 Å². The van der Waals surface area contributed by atoms with Crippen LogP contribution in [0.4, 0.5) is 4.79 Å². The van der Waals surface area contributed by atoms with Crippen molar-refractivity contribution in [2.45, 2.75) is 53.0 Å². The SMILES string of the molecule is CCCN(CCC)C(=O)N[C@H](CC(C)C)C(=O)O. The molecule has 106 valence electrons. The van der Waals surface area contributed by atoms with E-state index in [-0.39, 0.29) is 11.9 Å². The van der Waals surface area contributed by atoms with Crippen LogP contribution in [0.3, 0.4) is 0 Å². The van der Waals surface area contributed by atoms with E-state index in [9.17, 15) is 9.59 Å². The summed E-state index contributed by atoms with van der Waals surface area (Å²) < 4.78 is 0. The van der Waals surface area contributed by atoms with Crippen LogP contribution in [0.2, 0.25) is 0 Å². The minimum absolute atomic E-state index is 0.234. The molecule has 0 rings (SSSR count). The summed E-state index contributed by atoms with van der Waals surface area (Å²) in [4.78, 5) is 24.7. The summed E-state index contributed by atoms with van der Waals surface area (Å²) in [5.74, 6) is -0.734. The molecule has 0 aromatic rings. The molecule has 0 aromatic carbocycles. The van der Waals surface area contributed by atoms with E-state index in [0.717, 1.165) is 12.8 Å². The lowest BCUT2D eigenvalue weighted by Crippen LogP contribution is -2.48. The lowest BCUT2D eigenvalue weighted by molar-refractivity contribution is -0.139. The van der Waals surface area contributed by atoms with Crippen molar-refractivity contribution >= 4 is 12.0 Å². The molecule has 0 unspecified atom stereocenters. The minimum atomic E-state index is -0.968. The van der Waals surface area contributed by atoms with Crippen molar-refractivity contribution in [3.63, 3.8) is 0 Å². The topological polar surface area (TPSA) is 69.6 Å². The van der Waals surface area contributed by atoms with Crippen LogP contribution in [-0.4, -0.2) is 41.1 Å². The van der Waals surface area contributed by atoms with Gasteiger partial charge in [-0.15, -0.1) is 0 Å². The highest BCUT2D eigenvalue weighted by molar-refractivity contribution is 5.82. The number of hydrogen-bond donors (Lipinski definition) is 2. The van der Waals surface area contributed by atoms with Crippen molar-refractivity contribution in [2.24, 2.45) is 5.92 Å². The second-order valence-electron chi connectivity index (χ2n) is 4.96. The number of aliphatic carboxylic acids is 1. The van der Waals surface area contributed by atoms with Crippen molar-refractivity contribution in [2.75, 3.05) is 13.1 Å². The predicted octanol–water partition coefficient (Wildman–Crippen LogP) is 2.32. The van der Waals surface area contributed by atoms with Crippen LogP contribution < -0.4 is 5.32 Å². The molecule has 0 fully saturated rings. The van der Waals surface area contributed by atoms with Crippen molar-refractivity contribution in [1.29, 1.82) is 0 Å². The number of carbonyl (C=O) groups excluding carboxylic acids is 1. The summed E-state index contributed by atoms with van der Waals surface area (Å²) >= 11 is 0. The molecule has 2 N–H and O–H groups in total. The Hall–Kier alpha value is -1.26. The van der Waals surface area contributed by atoms with E-state index in [2.05, 4.69) is 5.32 Å². The van der Waals surface area contributed by atoms with Crippen LogP contribution in [-0.2, 0) is 4.79 Å². The Bertz CT molecular complexity index is 261. The molecule has 0 aliphatic rings. The molecule has 0 aliphatic carbocycles. The van der Waals surface area contributed by atoms with Gasteiger partial charge in [0.1, 0.15) is 6.04 Å². The number of hydrogen-bond acceptors (Lipinski definition) is 2. The number of carbonyl (C=O) groups is 2. The molecule has 0 aliphatic heterocycles. The molecule has 0 heterocycles. The van der Waals surface area contributed by atoms with Crippen LogP contribution in [0.25, 0.3) is 0 Å². The average Bonchev–Trinajstić information content (AvgIpc) is 2.27. The first kappa shape index (κ1) is 16.7. The summed E-state index contributed by atoms with van der Waals surface area (Å²) in [6, 6.07) is -1.07. The molecular weight excluding hydrogens is 232 g/mol. The second-order valence-corrected chi connectivity index (χ2v) is 4.96. The molecule has 1 atom stereocenters. The van der Waals surface area contributed by atoms with E-state index in [1.54, 1.807) is 4.90 Å². The van der Waals surface area contributed by atoms with Gasteiger partial charge in [-0.3, -0.25) is 0 Å². The average molecular weight is 258 g/mol. The Labute approximate surface area is 110 Å². The molecule has 0 saturated carbocycles. The smallest absolute Gasteiger partial charge is 0.326 e. The monoisotopic (exact) mass is 258 g/mol. The predicted molar refractivity (Wildman–Crippen MR) is 71.6 cm³/mol. The quantitative estimate of drug-likeness (QED) is 0.702. The summed E-state index contributed by atoms with van der Waals surface area (Å²) in [7, 11) is 0. The van der Waals surface area contributed by atoms with Crippen LogP contribution in [0.15, 0.2) is 0 Å². The number of amides is 2. The van der Waals surface area contributed by atoms with Crippen LogP contribution >= 0.6 is 0 Å². The first-order valence-electron chi connectivity index (χ1n) is 6.70. The summed E-state index contributed by atoms with van der Waals surface area (Å²) in [5.41, 5.74) is 0. The maximum atomic E-state index is 12.0. The third-order valence-electron chi connectivity index (χ3n) is 2.58. The highest BCUT2D eigenvalue weighted by atomic mass is 16.4. The molecule has 0 radical (unpaired) electrons. The van der Waals surface area contributed by atoms with Crippen molar-refractivity contribution in [3.05, 3.63) is 0 Å².